The molecule has 0 spiro atoms. The van der Waals surface area contributed by atoms with Crippen LogP contribution in [0.2, 0.25) is 0 Å². The van der Waals surface area contributed by atoms with Gasteiger partial charge in [0.2, 0.25) is 5.91 Å². The second-order valence-electron chi connectivity index (χ2n) is 7.29. The fraction of sp³-hybridized carbons (Fsp3) is 0.409. The average Bonchev–Trinajstić information content (AvgIpc) is 2.77. The predicted octanol–water partition coefficient (Wildman–Crippen LogP) is 2.18. The van der Waals surface area contributed by atoms with Crippen LogP contribution in [0.1, 0.15) is 30.9 Å². The minimum atomic E-state index is -0.241. The first-order valence-corrected chi connectivity index (χ1v) is 10.3. The maximum Gasteiger partial charge on any atom is 0.220 e. The Bertz CT molecular complexity index is 879. The molecule has 1 aliphatic rings. The standard InChI is InChI=1S/C22H29FN6O/c1-2-25-22(27-14-17-6-3-4-8-19(17)23)28-15-18-7-5-11-26-21(18)29-12-9-16(10-13-29)20(24)30/h3-8,11,16H,2,9-10,12-15H2,1H3,(H2,24,30)(H2,25,27,28). The van der Waals surface area contributed by atoms with Gasteiger partial charge in [-0.2, -0.15) is 0 Å². The number of aromatic nitrogens is 1. The highest BCUT2D eigenvalue weighted by Crippen LogP contribution is 2.24. The molecule has 0 unspecified atom stereocenters. The van der Waals surface area contributed by atoms with Crippen molar-refractivity contribution in [1.82, 2.24) is 15.6 Å². The maximum absolute atomic E-state index is 13.9. The van der Waals surface area contributed by atoms with Gasteiger partial charge in [0.15, 0.2) is 5.96 Å². The summed E-state index contributed by atoms with van der Waals surface area (Å²) in [6.07, 6.45) is 3.24. The number of nitrogens with zero attached hydrogens (tertiary/aromatic N) is 3. The van der Waals surface area contributed by atoms with E-state index < -0.39 is 0 Å². The Hall–Kier alpha value is -3.16. The molecule has 1 amide bonds. The third-order valence-corrected chi connectivity index (χ3v) is 5.22. The van der Waals surface area contributed by atoms with Crippen LogP contribution in [-0.2, 0) is 17.9 Å². The second kappa shape index (κ2) is 10.6. The van der Waals surface area contributed by atoms with Crippen molar-refractivity contribution in [3.8, 4) is 0 Å². The third-order valence-electron chi connectivity index (χ3n) is 5.22. The topological polar surface area (TPSA) is 95.6 Å². The summed E-state index contributed by atoms with van der Waals surface area (Å²) in [4.78, 5) is 22.8. The van der Waals surface area contributed by atoms with Crippen LogP contribution >= 0.6 is 0 Å². The summed E-state index contributed by atoms with van der Waals surface area (Å²) in [6, 6.07) is 10.6. The van der Waals surface area contributed by atoms with Crippen molar-refractivity contribution < 1.29 is 9.18 Å². The van der Waals surface area contributed by atoms with E-state index in [1.54, 1.807) is 18.3 Å². The van der Waals surface area contributed by atoms with Gasteiger partial charge in [0.1, 0.15) is 11.6 Å². The number of primary amides is 1. The Kier molecular flexibility index (Phi) is 7.59. The van der Waals surface area contributed by atoms with Gasteiger partial charge >= 0.3 is 0 Å². The minimum Gasteiger partial charge on any atom is -0.369 e. The van der Waals surface area contributed by atoms with Crippen LogP contribution in [0.4, 0.5) is 10.2 Å². The van der Waals surface area contributed by atoms with Crippen LogP contribution in [0, 0.1) is 11.7 Å². The lowest BCUT2D eigenvalue weighted by Crippen LogP contribution is -2.39. The van der Waals surface area contributed by atoms with E-state index in [1.807, 2.05) is 25.1 Å². The van der Waals surface area contributed by atoms with Crippen molar-refractivity contribution in [3.05, 3.63) is 59.5 Å². The van der Waals surface area contributed by atoms with E-state index >= 15 is 0 Å². The molecule has 4 N–H and O–H groups in total. The van der Waals surface area contributed by atoms with Crippen LogP contribution in [0.25, 0.3) is 0 Å². The number of carbonyl (C=O) groups is 1. The van der Waals surface area contributed by atoms with Gasteiger partial charge in [0.05, 0.1) is 6.54 Å². The molecule has 1 saturated heterocycles. The van der Waals surface area contributed by atoms with Crippen LogP contribution < -0.4 is 21.3 Å². The number of hydrogen-bond acceptors (Lipinski definition) is 4. The van der Waals surface area contributed by atoms with Crippen molar-refractivity contribution in [3.63, 3.8) is 0 Å². The minimum absolute atomic E-state index is 0.0608. The summed E-state index contributed by atoms with van der Waals surface area (Å²) in [5, 5.41) is 6.37. The molecule has 0 bridgehead atoms. The molecule has 2 heterocycles. The Labute approximate surface area is 176 Å². The number of guanidine groups is 1. The number of benzene rings is 1. The van der Waals surface area contributed by atoms with E-state index in [9.17, 15) is 9.18 Å². The van der Waals surface area contributed by atoms with Gasteiger partial charge in [0.25, 0.3) is 0 Å². The SMILES string of the molecule is CCNC(=NCc1cccnc1N1CCC(C(N)=O)CC1)NCc1ccccc1F. The quantitative estimate of drug-likeness (QED) is 0.479. The van der Waals surface area contributed by atoms with E-state index in [0.29, 0.717) is 31.2 Å². The summed E-state index contributed by atoms with van der Waals surface area (Å²) in [6.45, 7) is 4.95. The zero-order chi connectivity index (χ0) is 21.3. The molecular weight excluding hydrogens is 383 g/mol. The van der Waals surface area contributed by atoms with Gasteiger partial charge in [-0.1, -0.05) is 24.3 Å². The van der Waals surface area contributed by atoms with Gasteiger partial charge < -0.3 is 21.3 Å². The molecule has 7 nitrogen and oxygen atoms in total. The van der Waals surface area contributed by atoms with Gasteiger partial charge in [-0.25, -0.2) is 14.4 Å². The molecule has 30 heavy (non-hydrogen) atoms. The van der Waals surface area contributed by atoms with Crippen LogP contribution in [-0.4, -0.2) is 36.5 Å². The van der Waals surface area contributed by atoms with Crippen molar-refractivity contribution in [1.29, 1.82) is 0 Å². The highest BCUT2D eigenvalue weighted by molar-refractivity contribution is 5.80. The van der Waals surface area contributed by atoms with Gasteiger partial charge in [0, 0.05) is 49.4 Å². The number of piperidine rings is 1. The molecule has 3 rings (SSSR count). The summed E-state index contributed by atoms with van der Waals surface area (Å²) in [7, 11) is 0. The summed E-state index contributed by atoms with van der Waals surface area (Å²) in [5.41, 5.74) is 7.03. The number of carbonyl (C=O) groups excluding carboxylic acids is 1. The van der Waals surface area contributed by atoms with Crippen molar-refractivity contribution in [2.45, 2.75) is 32.9 Å². The summed E-state index contributed by atoms with van der Waals surface area (Å²) < 4.78 is 13.9. The highest BCUT2D eigenvalue weighted by atomic mass is 19.1. The van der Waals surface area contributed by atoms with Gasteiger partial charge in [-0.05, 0) is 31.9 Å². The molecular formula is C22H29FN6O. The lowest BCUT2D eigenvalue weighted by atomic mass is 9.96. The number of nitrogens with two attached hydrogens (primary N) is 1. The molecule has 0 aliphatic carbocycles. The zero-order valence-electron chi connectivity index (χ0n) is 17.3. The van der Waals surface area contributed by atoms with Crippen molar-refractivity contribution in [2.24, 2.45) is 16.6 Å². The molecule has 1 aromatic carbocycles. The fourth-order valence-corrected chi connectivity index (χ4v) is 3.54. The first kappa shape index (κ1) is 21.5. The van der Waals surface area contributed by atoms with E-state index in [4.69, 9.17) is 5.73 Å². The summed E-state index contributed by atoms with van der Waals surface area (Å²) in [5.74, 6) is 0.970. The molecule has 2 aromatic rings. The lowest BCUT2D eigenvalue weighted by molar-refractivity contribution is -0.122. The average molecular weight is 413 g/mol. The van der Waals surface area contributed by atoms with Gasteiger partial charge in [-0.3, -0.25) is 4.79 Å². The molecule has 0 atom stereocenters. The Morgan fingerprint density at radius 2 is 1.93 bits per heavy atom. The molecule has 0 radical (unpaired) electrons. The molecule has 8 heteroatoms. The zero-order valence-corrected chi connectivity index (χ0v) is 17.3. The largest absolute Gasteiger partial charge is 0.369 e. The fourth-order valence-electron chi connectivity index (χ4n) is 3.54. The van der Waals surface area contributed by atoms with Crippen LogP contribution in [0.5, 0.6) is 0 Å². The predicted molar refractivity (Wildman–Crippen MR) is 116 cm³/mol. The maximum atomic E-state index is 13.9. The Morgan fingerprint density at radius 1 is 1.20 bits per heavy atom. The normalized spacial score (nSPS) is 15.1. The van der Waals surface area contributed by atoms with Gasteiger partial charge in [-0.15, -0.1) is 0 Å². The van der Waals surface area contributed by atoms with Crippen LogP contribution in [0.3, 0.4) is 0 Å². The number of anilines is 1. The van der Waals surface area contributed by atoms with Crippen molar-refractivity contribution in [2.75, 3.05) is 24.5 Å². The number of amides is 1. The molecule has 1 aliphatic heterocycles. The highest BCUT2D eigenvalue weighted by Gasteiger charge is 2.24. The number of hydrogen-bond donors (Lipinski definition) is 3. The second-order valence-corrected chi connectivity index (χ2v) is 7.29. The van der Waals surface area contributed by atoms with Crippen molar-refractivity contribution >= 4 is 17.7 Å². The third kappa shape index (κ3) is 5.68. The Balaban J connectivity index is 1.67. The van der Waals surface area contributed by atoms with E-state index in [2.05, 4.69) is 25.5 Å². The van der Waals surface area contributed by atoms with Crippen LogP contribution in [0.15, 0.2) is 47.6 Å². The number of aliphatic imine (C=N–C) groups is 1. The van der Waals surface area contributed by atoms with E-state index in [0.717, 1.165) is 37.3 Å². The molecule has 1 fully saturated rings. The molecule has 160 valence electrons. The number of nitrogens with one attached hydrogen (secondary N) is 2. The molecule has 1 aromatic heterocycles. The monoisotopic (exact) mass is 412 g/mol. The molecule has 0 saturated carbocycles. The lowest BCUT2D eigenvalue weighted by Gasteiger charge is -2.32. The number of halogens is 1. The van der Waals surface area contributed by atoms with E-state index in [-0.39, 0.29) is 17.6 Å². The van der Waals surface area contributed by atoms with E-state index in [1.165, 1.54) is 6.07 Å². The smallest absolute Gasteiger partial charge is 0.220 e. The Morgan fingerprint density at radius 3 is 2.63 bits per heavy atom. The number of pyridine rings is 1. The first-order valence-electron chi connectivity index (χ1n) is 10.3. The summed E-state index contributed by atoms with van der Waals surface area (Å²) >= 11 is 0. The number of rotatable bonds is 7. The first-order chi connectivity index (χ1) is 14.6.